The fourth-order valence-corrected chi connectivity index (χ4v) is 12.3. The highest BCUT2D eigenvalue weighted by Gasteiger charge is 2.45. The van der Waals surface area contributed by atoms with E-state index in [0.717, 1.165) is 11.4 Å². The Morgan fingerprint density at radius 1 is 0.225 bits per heavy atom. The van der Waals surface area contributed by atoms with Gasteiger partial charge in [0.1, 0.15) is 0 Å². The Morgan fingerprint density at radius 2 is 0.479 bits per heavy atom. The topological polar surface area (TPSA) is 6.48 Å². The van der Waals surface area contributed by atoms with Crippen LogP contribution in [0.25, 0.3) is 0 Å². The highest BCUT2D eigenvalue weighted by molar-refractivity contribution is 7.00. The summed E-state index contributed by atoms with van der Waals surface area (Å²) in [6.45, 7) is 0.0153. The Kier molecular flexibility index (Phi) is 10.4. The summed E-state index contributed by atoms with van der Waals surface area (Å²) in [4.78, 5) is 5.04. The maximum Gasteiger partial charge on any atom is 0.252 e. The summed E-state index contributed by atoms with van der Waals surface area (Å²) in [5.74, 6) is 0. The van der Waals surface area contributed by atoms with Crippen molar-refractivity contribution in [2.75, 3.05) is 9.80 Å². The number of fused-ring (bicyclic) bond motifs is 4. The van der Waals surface area contributed by atoms with E-state index in [-0.39, 0.29) is 6.71 Å². The summed E-state index contributed by atoms with van der Waals surface area (Å²) in [6, 6.07) is 110. The molecule has 0 radical (unpaired) electrons. The molecule has 3 heteroatoms. The van der Waals surface area contributed by atoms with Gasteiger partial charge in [-0.15, -0.1) is 0 Å². The minimum absolute atomic E-state index is 0.0153. The minimum Gasteiger partial charge on any atom is -0.311 e. The van der Waals surface area contributed by atoms with Crippen LogP contribution in [0.4, 0.5) is 34.1 Å². The molecule has 0 aliphatic carbocycles. The normalized spacial score (nSPS) is 12.7. The smallest absolute Gasteiger partial charge is 0.252 e. The van der Waals surface area contributed by atoms with Crippen LogP contribution in [-0.4, -0.2) is 6.71 Å². The van der Waals surface area contributed by atoms with Crippen LogP contribution in [0.1, 0.15) is 44.5 Å². The summed E-state index contributed by atoms with van der Waals surface area (Å²) in [6.07, 6.45) is 0. The second kappa shape index (κ2) is 17.6. The first kappa shape index (κ1) is 42.2. The van der Waals surface area contributed by atoms with Crippen molar-refractivity contribution in [1.29, 1.82) is 0 Å². The fourth-order valence-electron chi connectivity index (χ4n) is 12.3. The van der Waals surface area contributed by atoms with E-state index in [1.54, 1.807) is 0 Å². The first-order chi connectivity index (χ1) is 35.3. The molecule has 13 rings (SSSR count). The first-order valence-corrected chi connectivity index (χ1v) is 24.7. The van der Waals surface area contributed by atoms with E-state index in [0.29, 0.717) is 0 Å². The summed E-state index contributed by atoms with van der Waals surface area (Å²) >= 11 is 0. The minimum atomic E-state index is -0.594. The number of hydrogen-bond donors (Lipinski definition) is 0. The molecule has 2 aliphatic rings. The van der Waals surface area contributed by atoms with E-state index in [1.165, 1.54) is 83.6 Å². The molecular formula is C68H49BN2. The lowest BCUT2D eigenvalue weighted by Crippen LogP contribution is -2.61. The lowest BCUT2D eigenvalue weighted by molar-refractivity contribution is 0.745. The SMILES string of the molecule is c1ccc(C(c2ccccc2)(c2ccccc2)c2cccc(N3c4ccccc4B4c5ccccc5N(c5cccc(C(c6ccccc6)(c6ccccc6)c6ccccc6)c5)c5cccc3c54)c2)cc1. The number of hydrogen-bond acceptors (Lipinski definition) is 2. The Labute approximate surface area is 417 Å². The van der Waals surface area contributed by atoms with Gasteiger partial charge in [0.2, 0.25) is 0 Å². The Bertz CT molecular complexity index is 3220. The van der Waals surface area contributed by atoms with Crippen LogP contribution in [0, 0.1) is 0 Å². The van der Waals surface area contributed by atoms with Crippen molar-refractivity contribution in [2.45, 2.75) is 10.8 Å². The first-order valence-electron chi connectivity index (χ1n) is 24.7. The second-order valence-electron chi connectivity index (χ2n) is 18.7. The third-order valence-corrected chi connectivity index (χ3v) is 15.1. The molecule has 0 atom stereocenters. The number of benzene rings is 11. The monoisotopic (exact) mass is 904 g/mol. The molecule has 11 aromatic carbocycles. The van der Waals surface area contributed by atoms with Crippen molar-refractivity contribution in [2.24, 2.45) is 0 Å². The summed E-state index contributed by atoms with van der Waals surface area (Å²) in [5.41, 5.74) is 19.3. The van der Waals surface area contributed by atoms with Crippen molar-refractivity contribution in [3.63, 3.8) is 0 Å². The quantitative estimate of drug-likeness (QED) is 0.0997. The van der Waals surface area contributed by atoms with Crippen molar-refractivity contribution < 1.29 is 0 Å². The van der Waals surface area contributed by atoms with Crippen LogP contribution >= 0.6 is 0 Å². The van der Waals surface area contributed by atoms with Crippen LogP contribution in [0.5, 0.6) is 0 Å². The molecule has 0 N–H and O–H groups in total. The third-order valence-electron chi connectivity index (χ3n) is 15.1. The van der Waals surface area contributed by atoms with Crippen LogP contribution in [-0.2, 0) is 10.8 Å². The molecular weight excluding hydrogens is 856 g/mol. The average molecular weight is 905 g/mol. The van der Waals surface area contributed by atoms with Gasteiger partial charge in [-0.1, -0.05) is 249 Å². The molecule has 0 fully saturated rings. The number of nitrogens with zero attached hydrogens (tertiary/aromatic N) is 2. The zero-order valence-electron chi connectivity index (χ0n) is 39.3. The van der Waals surface area contributed by atoms with E-state index in [2.05, 4.69) is 307 Å². The largest absolute Gasteiger partial charge is 0.311 e. The molecule has 0 bridgehead atoms. The molecule has 2 heterocycles. The molecule has 0 unspecified atom stereocenters. The lowest BCUT2D eigenvalue weighted by Gasteiger charge is -2.44. The van der Waals surface area contributed by atoms with Crippen LogP contribution in [0.3, 0.4) is 0 Å². The van der Waals surface area contributed by atoms with Gasteiger partial charge in [-0.2, -0.15) is 0 Å². The highest BCUT2D eigenvalue weighted by Crippen LogP contribution is 2.50. The molecule has 0 spiro atoms. The van der Waals surface area contributed by atoms with E-state index in [4.69, 9.17) is 0 Å². The summed E-state index contributed by atoms with van der Waals surface area (Å²) < 4.78 is 0. The van der Waals surface area contributed by atoms with Gasteiger partial charge in [0.05, 0.1) is 10.8 Å². The van der Waals surface area contributed by atoms with E-state index in [1.807, 2.05) is 0 Å². The summed E-state index contributed by atoms with van der Waals surface area (Å²) in [7, 11) is 0. The van der Waals surface area contributed by atoms with E-state index < -0.39 is 10.8 Å². The number of rotatable bonds is 10. The van der Waals surface area contributed by atoms with Gasteiger partial charge in [-0.25, -0.2) is 0 Å². The molecule has 11 aromatic rings. The molecule has 0 amide bonds. The standard InChI is InChI=1S/C68H49BN2/c1-7-26-50(27-8-1)67(51-28-9-2-10-29-51,52-30-11-3-12-31-52)56-38-23-40-58(48-56)70-62-44-21-19-42-60(62)69-61-43-20-22-45-63(61)71(65-47-25-46-64(70)66(65)69)59-41-24-39-57(49-59)68(53-32-13-4-14-33-53,54-34-15-5-16-35-54)55-36-17-6-18-37-55/h1-49H. The third kappa shape index (κ3) is 6.65. The second-order valence-corrected chi connectivity index (χ2v) is 18.7. The molecule has 0 aromatic heterocycles. The van der Waals surface area contributed by atoms with Gasteiger partial charge in [0.25, 0.3) is 6.71 Å². The number of anilines is 6. The Hall–Kier alpha value is -8.92. The molecule has 334 valence electrons. The van der Waals surface area contributed by atoms with E-state index in [9.17, 15) is 0 Å². The predicted octanol–water partition coefficient (Wildman–Crippen LogP) is 14.5. The summed E-state index contributed by atoms with van der Waals surface area (Å²) in [5, 5.41) is 0. The Morgan fingerprint density at radius 3 is 0.803 bits per heavy atom. The van der Waals surface area contributed by atoms with Gasteiger partial charge >= 0.3 is 0 Å². The lowest BCUT2D eigenvalue weighted by atomic mass is 9.33. The van der Waals surface area contributed by atoms with Crippen molar-refractivity contribution in [1.82, 2.24) is 0 Å². The molecule has 2 nitrogen and oxygen atoms in total. The molecule has 71 heavy (non-hydrogen) atoms. The van der Waals surface area contributed by atoms with Gasteiger partial charge in [-0.05, 0) is 109 Å². The molecule has 2 aliphatic heterocycles. The van der Waals surface area contributed by atoms with Crippen LogP contribution in [0.2, 0.25) is 0 Å². The maximum atomic E-state index is 2.52. The average Bonchev–Trinajstić information content (AvgIpc) is 3.45. The zero-order chi connectivity index (χ0) is 47.2. The van der Waals surface area contributed by atoms with Crippen LogP contribution in [0.15, 0.2) is 297 Å². The van der Waals surface area contributed by atoms with Gasteiger partial charge in [-0.3, -0.25) is 0 Å². The zero-order valence-corrected chi connectivity index (χ0v) is 39.3. The Balaban J connectivity index is 1.03. The highest BCUT2D eigenvalue weighted by atomic mass is 15.2. The molecule has 0 saturated heterocycles. The van der Waals surface area contributed by atoms with Crippen LogP contribution < -0.4 is 26.2 Å². The fraction of sp³-hybridized carbons (Fsp3) is 0.0294. The van der Waals surface area contributed by atoms with Crippen molar-refractivity contribution in [3.05, 3.63) is 342 Å². The van der Waals surface area contributed by atoms with Gasteiger partial charge < -0.3 is 9.80 Å². The number of para-hydroxylation sites is 2. The maximum absolute atomic E-state index is 2.52. The predicted molar refractivity (Wildman–Crippen MR) is 297 cm³/mol. The van der Waals surface area contributed by atoms with E-state index >= 15 is 0 Å². The van der Waals surface area contributed by atoms with Gasteiger partial charge in [0.15, 0.2) is 0 Å². The van der Waals surface area contributed by atoms with Crippen molar-refractivity contribution >= 4 is 57.2 Å². The van der Waals surface area contributed by atoms with Crippen molar-refractivity contribution in [3.8, 4) is 0 Å². The molecule has 0 saturated carbocycles. The van der Waals surface area contributed by atoms with Gasteiger partial charge in [0, 0.05) is 34.1 Å².